The van der Waals surface area contributed by atoms with Gasteiger partial charge in [-0.1, -0.05) is 32.0 Å². The quantitative estimate of drug-likeness (QED) is 0.521. The third-order valence-corrected chi connectivity index (χ3v) is 5.37. The highest BCUT2D eigenvalue weighted by Gasteiger charge is 2.14. The first-order valence-corrected chi connectivity index (χ1v) is 10.4. The van der Waals surface area contributed by atoms with Crippen molar-refractivity contribution in [2.24, 2.45) is 0 Å². The van der Waals surface area contributed by atoms with Crippen molar-refractivity contribution in [2.75, 3.05) is 38.7 Å². The molecule has 0 aliphatic rings. The third-order valence-electron chi connectivity index (χ3n) is 5.37. The molecule has 0 saturated carbocycles. The number of benzene rings is 2. The number of rotatable bonds is 10. The Morgan fingerprint density at radius 2 is 1.87 bits per heavy atom. The zero-order valence-electron chi connectivity index (χ0n) is 18.2. The number of aromatic nitrogens is 1. The Bertz CT molecular complexity index is 993. The van der Waals surface area contributed by atoms with Gasteiger partial charge < -0.3 is 24.7 Å². The highest BCUT2D eigenvalue weighted by atomic mass is 16.5. The first-order chi connectivity index (χ1) is 14.5. The fourth-order valence-corrected chi connectivity index (χ4v) is 3.62. The maximum absolute atomic E-state index is 12.7. The van der Waals surface area contributed by atoms with E-state index in [2.05, 4.69) is 29.0 Å². The number of anilines is 1. The summed E-state index contributed by atoms with van der Waals surface area (Å²) in [7, 11) is 1.62. The van der Waals surface area contributed by atoms with Crippen LogP contribution in [0.4, 0.5) is 5.69 Å². The van der Waals surface area contributed by atoms with Gasteiger partial charge in [0.25, 0.3) is 0 Å². The van der Waals surface area contributed by atoms with Crippen LogP contribution in [0, 0.1) is 6.92 Å². The van der Waals surface area contributed by atoms with Gasteiger partial charge in [-0.3, -0.25) is 4.79 Å². The predicted octanol–water partition coefficient (Wildman–Crippen LogP) is 4.39. The van der Waals surface area contributed by atoms with Gasteiger partial charge in [-0.25, -0.2) is 0 Å². The minimum Gasteiger partial charge on any atom is -0.493 e. The lowest BCUT2D eigenvalue weighted by Gasteiger charge is -2.19. The Balaban J connectivity index is 1.68. The largest absolute Gasteiger partial charge is 0.493 e. The van der Waals surface area contributed by atoms with E-state index >= 15 is 0 Å². The number of hydrogen-bond donors (Lipinski definition) is 2. The van der Waals surface area contributed by atoms with Crippen LogP contribution in [-0.4, -0.2) is 49.1 Å². The predicted molar refractivity (Wildman–Crippen MR) is 122 cm³/mol. The number of amides is 1. The molecule has 0 unspecified atom stereocenters. The number of H-pyrrole nitrogens is 1. The molecule has 30 heavy (non-hydrogen) atoms. The fourth-order valence-electron chi connectivity index (χ4n) is 3.62. The molecule has 1 heterocycles. The Hall–Kier alpha value is -2.99. The van der Waals surface area contributed by atoms with Gasteiger partial charge in [0.15, 0.2) is 11.5 Å². The van der Waals surface area contributed by atoms with E-state index < -0.39 is 0 Å². The van der Waals surface area contributed by atoms with Crippen molar-refractivity contribution >= 4 is 22.5 Å². The fraction of sp³-hybridized carbons (Fsp3) is 0.375. The zero-order chi connectivity index (χ0) is 21.5. The molecule has 6 nitrogen and oxygen atoms in total. The molecule has 0 saturated heterocycles. The zero-order valence-corrected chi connectivity index (χ0v) is 18.2. The van der Waals surface area contributed by atoms with Crippen molar-refractivity contribution in [3.63, 3.8) is 0 Å². The van der Waals surface area contributed by atoms with Crippen LogP contribution in [0.15, 0.2) is 42.5 Å². The molecule has 2 N–H and O–H groups in total. The van der Waals surface area contributed by atoms with Gasteiger partial charge in [0, 0.05) is 34.9 Å². The van der Waals surface area contributed by atoms with E-state index in [0.717, 1.165) is 41.8 Å². The number of aromatic amines is 1. The molecule has 0 radical (unpaired) electrons. The van der Waals surface area contributed by atoms with E-state index in [1.54, 1.807) is 7.11 Å². The molecule has 3 aromatic rings. The maximum Gasteiger partial charge on any atom is 0.228 e. The number of aryl methyl sites for hydroxylation is 1. The van der Waals surface area contributed by atoms with E-state index in [0.29, 0.717) is 30.2 Å². The number of ether oxygens (including phenoxy) is 2. The lowest BCUT2D eigenvalue weighted by Crippen LogP contribution is -2.28. The number of fused-ring (bicyclic) bond motifs is 1. The number of para-hydroxylation sites is 1. The van der Waals surface area contributed by atoms with E-state index in [1.165, 1.54) is 0 Å². The number of carbonyl (C=O) groups is 1. The summed E-state index contributed by atoms with van der Waals surface area (Å²) in [6.07, 6.45) is 0.306. The van der Waals surface area contributed by atoms with Gasteiger partial charge in [0.2, 0.25) is 5.91 Å². The number of nitrogens with zero attached hydrogens (tertiary/aromatic N) is 1. The standard InChI is InChI=1S/C24H31N3O3/c1-5-27(6-2)13-14-30-23-15-18(11-12-22(23)29-4)26-24(28)16-20-17(3)25-21-10-8-7-9-19(20)21/h7-12,15,25H,5-6,13-14,16H2,1-4H3,(H,26,28). The van der Waals surface area contributed by atoms with Gasteiger partial charge in [0.1, 0.15) is 6.61 Å². The molecule has 0 aliphatic carbocycles. The van der Waals surface area contributed by atoms with Crippen LogP contribution in [0.5, 0.6) is 11.5 Å². The summed E-state index contributed by atoms with van der Waals surface area (Å²) >= 11 is 0. The molecule has 1 amide bonds. The van der Waals surface area contributed by atoms with E-state index in [1.807, 2.05) is 49.4 Å². The molecule has 0 fully saturated rings. The van der Waals surface area contributed by atoms with Gasteiger partial charge in [-0.05, 0) is 43.8 Å². The summed E-state index contributed by atoms with van der Waals surface area (Å²) in [6.45, 7) is 9.64. The molecule has 0 atom stereocenters. The molecule has 2 aromatic carbocycles. The van der Waals surface area contributed by atoms with Gasteiger partial charge in [-0.2, -0.15) is 0 Å². The summed E-state index contributed by atoms with van der Waals surface area (Å²) in [5, 5.41) is 4.07. The van der Waals surface area contributed by atoms with E-state index in [-0.39, 0.29) is 5.91 Å². The van der Waals surface area contributed by atoms with Crippen LogP contribution in [0.1, 0.15) is 25.1 Å². The van der Waals surface area contributed by atoms with Crippen molar-refractivity contribution in [1.29, 1.82) is 0 Å². The van der Waals surface area contributed by atoms with E-state index in [9.17, 15) is 4.79 Å². The van der Waals surface area contributed by atoms with Crippen molar-refractivity contribution in [3.8, 4) is 11.5 Å². The minimum atomic E-state index is -0.0675. The third kappa shape index (κ3) is 5.13. The summed E-state index contributed by atoms with van der Waals surface area (Å²) in [5.41, 5.74) is 3.77. The second-order valence-corrected chi connectivity index (χ2v) is 7.24. The number of nitrogens with one attached hydrogen (secondary N) is 2. The van der Waals surface area contributed by atoms with Crippen molar-refractivity contribution < 1.29 is 14.3 Å². The average Bonchev–Trinajstić information content (AvgIpc) is 3.06. The van der Waals surface area contributed by atoms with Crippen molar-refractivity contribution in [1.82, 2.24) is 9.88 Å². The SMILES string of the molecule is CCN(CC)CCOc1cc(NC(=O)Cc2c(C)[nH]c3ccccc23)ccc1OC. The summed E-state index contributed by atoms with van der Waals surface area (Å²) < 4.78 is 11.4. The smallest absolute Gasteiger partial charge is 0.228 e. The minimum absolute atomic E-state index is 0.0675. The molecule has 6 heteroatoms. The second-order valence-electron chi connectivity index (χ2n) is 7.24. The molecule has 3 rings (SSSR count). The molecule has 0 aliphatic heterocycles. The normalized spacial score (nSPS) is 11.1. The summed E-state index contributed by atoms with van der Waals surface area (Å²) in [5.74, 6) is 1.22. The first-order valence-electron chi connectivity index (χ1n) is 10.4. The van der Waals surface area contributed by atoms with Gasteiger partial charge in [0.05, 0.1) is 13.5 Å². The Morgan fingerprint density at radius 3 is 2.60 bits per heavy atom. The maximum atomic E-state index is 12.7. The Kier molecular flexibility index (Phi) is 7.36. The van der Waals surface area contributed by atoms with Crippen molar-refractivity contribution in [2.45, 2.75) is 27.2 Å². The Labute approximate surface area is 178 Å². The molecular formula is C24H31N3O3. The number of hydrogen-bond acceptors (Lipinski definition) is 4. The average molecular weight is 410 g/mol. The highest BCUT2D eigenvalue weighted by molar-refractivity contribution is 5.96. The van der Waals surface area contributed by atoms with Crippen LogP contribution in [-0.2, 0) is 11.2 Å². The highest BCUT2D eigenvalue weighted by Crippen LogP contribution is 2.30. The van der Waals surface area contributed by atoms with Crippen LogP contribution >= 0.6 is 0 Å². The second kappa shape index (κ2) is 10.2. The summed E-state index contributed by atoms with van der Waals surface area (Å²) in [6, 6.07) is 13.5. The molecular weight excluding hydrogens is 378 g/mol. The molecule has 0 bridgehead atoms. The van der Waals surface area contributed by atoms with Crippen LogP contribution in [0.2, 0.25) is 0 Å². The van der Waals surface area contributed by atoms with Gasteiger partial charge >= 0.3 is 0 Å². The molecule has 160 valence electrons. The van der Waals surface area contributed by atoms with Crippen LogP contribution < -0.4 is 14.8 Å². The Morgan fingerprint density at radius 1 is 1.10 bits per heavy atom. The number of carbonyl (C=O) groups excluding carboxylic acids is 1. The van der Waals surface area contributed by atoms with Crippen LogP contribution in [0.25, 0.3) is 10.9 Å². The summed E-state index contributed by atoms with van der Waals surface area (Å²) in [4.78, 5) is 18.4. The molecule has 0 spiro atoms. The van der Waals surface area contributed by atoms with Gasteiger partial charge in [-0.15, -0.1) is 0 Å². The molecule has 1 aromatic heterocycles. The number of likely N-dealkylation sites (N-methyl/N-ethyl adjacent to an activating group) is 1. The first kappa shape index (κ1) is 21.7. The lowest BCUT2D eigenvalue weighted by molar-refractivity contribution is -0.115. The van der Waals surface area contributed by atoms with Crippen molar-refractivity contribution in [3.05, 3.63) is 53.7 Å². The topological polar surface area (TPSA) is 66.6 Å². The number of methoxy groups -OCH3 is 1. The van der Waals surface area contributed by atoms with E-state index in [4.69, 9.17) is 9.47 Å². The monoisotopic (exact) mass is 409 g/mol. The van der Waals surface area contributed by atoms with Crippen LogP contribution in [0.3, 0.4) is 0 Å². The lowest BCUT2D eigenvalue weighted by atomic mass is 10.1.